The Labute approximate surface area is 259 Å². The number of carbonyl (C=O) groups is 2. The highest BCUT2D eigenvalue weighted by molar-refractivity contribution is 7.22. The van der Waals surface area contributed by atoms with E-state index in [9.17, 15) is 14.7 Å². The van der Waals surface area contributed by atoms with Crippen molar-refractivity contribution in [3.05, 3.63) is 76.9 Å². The molecule has 0 spiro atoms. The minimum atomic E-state index is -0.973. The van der Waals surface area contributed by atoms with Crippen molar-refractivity contribution >= 4 is 44.1 Å². The van der Waals surface area contributed by atoms with Crippen LogP contribution in [0.1, 0.15) is 49.9 Å². The molecule has 0 aliphatic carbocycles. The van der Waals surface area contributed by atoms with Gasteiger partial charge in [0.25, 0.3) is 5.78 Å². The van der Waals surface area contributed by atoms with Crippen LogP contribution in [0.25, 0.3) is 16.0 Å². The molecule has 0 bridgehead atoms. The maximum absolute atomic E-state index is 13.8. The number of aliphatic hydroxyl groups is 1. The zero-order valence-corrected chi connectivity index (χ0v) is 26.1. The highest BCUT2D eigenvalue weighted by Crippen LogP contribution is 2.46. The summed E-state index contributed by atoms with van der Waals surface area (Å²) in [6.07, 6.45) is 1.57. The summed E-state index contributed by atoms with van der Waals surface area (Å²) in [6.45, 7) is 6.74. The van der Waals surface area contributed by atoms with Gasteiger partial charge in [0.15, 0.2) is 16.6 Å². The van der Waals surface area contributed by atoms with E-state index in [0.717, 1.165) is 22.4 Å². The Morgan fingerprint density at radius 3 is 2.64 bits per heavy atom. The first-order valence-electron chi connectivity index (χ1n) is 14.5. The molecule has 4 aromatic rings. The number of rotatable bonds is 9. The lowest BCUT2D eigenvalue weighted by Crippen LogP contribution is -2.29. The van der Waals surface area contributed by atoms with E-state index in [4.69, 9.17) is 23.9 Å². The number of thiazole rings is 1. The van der Waals surface area contributed by atoms with Crippen LogP contribution >= 0.6 is 11.3 Å². The van der Waals surface area contributed by atoms with Gasteiger partial charge in [-0.05, 0) is 78.9 Å². The van der Waals surface area contributed by atoms with Gasteiger partial charge in [0.1, 0.15) is 23.4 Å². The molecule has 2 atom stereocenters. The molecule has 1 N–H and O–H groups in total. The molecule has 2 aliphatic heterocycles. The maximum Gasteiger partial charge on any atom is 0.301 e. The normalized spacial score (nSPS) is 19.0. The van der Waals surface area contributed by atoms with Crippen LogP contribution in [-0.4, -0.2) is 48.7 Å². The van der Waals surface area contributed by atoms with Crippen molar-refractivity contribution in [3.8, 4) is 23.0 Å². The number of ketones is 1. The molecule has 0 unspecified atom stereocenters. The molecule has 3 aromatic carbocycles. The van der Waals surface area contributed by atoms with Gasteiger partial charge < -0.3 is 24.1 Å². The number of hydrogen-bond acceptors (Lipinski definition) is 9. The number of hydrogen-bond donors (Lipinski definition) is 1. The topological polar surface area (TPSA) is 107 Å². The lowest BCUT2D eigenvalue weighted by Gasteiger charge is -2.24. The van der Waals surface area contributed by atoms with Gasteiger partial charge in [-0.25, -0.2) is 4.98 Å². The van der Waals surface area contributed by atoms with Gasteiger partial charge >= 0.3 is 5.91 Å². The molecule has 3 heterocycles. The van der Waals surface area contributed by atoms with Gasteiger partial charge in [0, 0.05) is 12.0 Å². The van der Waals surface area contributed by atoms with Crippen LogP contribution in [0.15, 0.2) is 60.2 Å². The van der Waals surface area contributed by atoms with Gasteiger partial charge in [0.05, 0.1) is 42.7 Å². The summed E-state index contributed by atoms with van der Waals surface area (Å²) in [7, 11) is 3.12. The van der Waals surface area contributed by atoms with E-state index >= 15 is 0 Å². The predicted molar refractivity (Wildman–Crippen MR) is 169 cm³/mol. The quantitative estimate of drug-likeness (QED) is 0.126. The van der Waals surface area contributed by atoms with Crippen LogP contribution in [0.4, 0.5) is 5.13 Å². The minimum Gasteiger partial charge on any atom is -0.507 e. The number of anilines is 1. The van der Waals surface area contributed by atoms with Gasteiger partial charge in [-0.1, -0.05) is 31.3 Å². The van der Waals surface area contributed by atoms with Crippen molar-refractivity contribution < 1.29 is 33.6 Å². The molecule has 0 radical (unpaired) electrons. The van der Waals surface area contributed by atoms with Crippen molar-refractivity contribution in [1.82, 2.24) is 4.98 Å². The second-order valence-corrected chi connectivity index (χ2v) is 12.4. The Balaban J connectivity index is 1.49. The van der Waals surface area contributed by atoms with Crippen molar-refractivity contribution in [1.29, 1.82) is 0 Å². The number of methoxy groups -OCH3 is 2. The number of aromatic nitrogens is 1. The van der Waals surface area contributed by atoms with Crippen LogP contribution in [0.3, 0.4) is 0 Å². The van der Waals surface area contributed by atoms with E-state index in [0.29, 0.717) is 58.0 Å². The number of benzene rings is 3. The zero-order chi connectivity index (χ0) is 31.1. The van der Waals surface area contributed by atoms with Crippen molar-refractivity contribution in [2.24, 2.45) is 5.92 Å². The molecule has 1 saturated heterocycles. The van der Waals surface area contributed by atoms with Crippen LogP contribution < -0.4 is 23.8 Å². The van der Waals surface area contributed by atoms with Crippen molar-refractivity contribution in [2.45, 2.75) is 45.8 Å². The number of aliphatic hydroxyl groups excluding tert-OH is 1. The molecule has 10 heteroatoms. The summed E-state index contributed by atoms with van der Waals surface area (Å²) in [5.41, 5.74) is 2.55. The standard InChI is InChI=1S/C34H34N2O7S/c1-18(2)12-13-42-26-11-6-20(16-27(26)41-5)30-29(31(37)21-7-10-25-22(15-21)14-19(3)43-25)32(38)33(39)36(30)34-35-24-9-8-23(40-4)17-28(24)44-34/h6-11,15-19,30,37H,12-14H2,1-5H3/t19-,30-/m0/s1. The van der Waals surface area contributed by atoms with Crippen molar-refractivity contribution in [3.63, 3.8) is 0 Å². The van der Waals surface area contributed by atoms with Gasteiger partial charge in [-0.3, -0.25) is 14.5 Å². The maximum atomic E-state index is 13.8. The molecule has 1 fully saturated rings. The van der Waals surface area contributed by atoms with E-state index in [1.54, 1.807) is 56.7 Å². The Kier molecular flexibility index (Phi) is 7.94. The van der Waals surface area contributed by atoms with Gasteiger partial charge in [-0.15, -0.1) is 0 Å². The molecule has 2 aliphatic rings. The first-order chi connectivity index (χ1) is 21.2. The summed E-state index contributed by atoms with van der Waals surface area (Å²) in [5, 5.41) is 12.0. The fourth-order valence-corrected chi connectivity index (χ4v) is 6.59. The fourth-order valence-electron chi connectivity index (χ4n) is 5.57. The summed E-state index contributed by atoms with van der Waals surface area (Å²) < 4.78 is 23.7. The number of Topliss-reactive ketones (excluding diaryl/α,β-unsaturated/α-hetero) is 1. The fraction of sp³-hybridized carbons (Fsp3) is 0.324. The SMILES string of the molecule is COc1ccc2nc(N3C(=O)C(=O)C(=C(O)c4ccc5c(c4)C[C@H](C)O5)[C@@H]3c3ccc(OCCC(C)C)c(OC)c3)sc2c1. The predicted octanol–water partition coefficient (Wildman–Crippen LogP) is 6.69. The van der Waals surface area contributed by atoms with Crippen LogP contribution in [0, 0.1) is 5.92 Å². The number of nitrogens with zero attached hydrogens (tertiary/aromatic N) is 2. The van der Waals surface area contributed by atoms with E-state index < -0.39 is 17.7 Å². The smallest absolute Gasteiger partial charge is 0.301 e. The van der Waals surface area contributed by atoms with Crippen LogP contribution in [-0.2, 0) is 16.0 Å². The Morgan fingerprint density at radius 1 is 1.07 bits per heavy atom. The van der Waals surface area contributed by atoms with Gasteiger partial charge in [0.2, 0.25) is 0 Å². The Hall–Kier alpha value is -4.57. The molecule has 9 nitrogen and oxygen atoms in total. The highest BCUT2D eigenvalue weighted by atomic mass is 32.1. The molecule has 44 heavy (non-hydrogen) atoms. The van der Waals surface area contributed by atoms with E-state index in [1.165, 1.54) is 16.2 Å². The number of amides is 1. The highest BCUT2D eigenvalue weighted by Gasteiger charge is 2.48. The Bertz CT molecular complexity index is 1790. The second-order valence-electron chi connectivity index (χ2n) is 11.4. The third kappa shape index (κ3) is 5.34. The average molecular weight is 615 g/mol. The first kappa shape index (κ1) is 29.5. The molecular weight excluding hydrogens is 580 g/mol. The van der Waals surface area contributed by atoms with Crippen LogP contribution in [0.5, 0.6) is 23.0 Å². The number of ether oxygens (including phenoxy) is 4. The van der Waals surface area contributed by atoms with Crippen LogP contribution in [0.2, 0.25) is 0 Å². The van der Waals surface area contributed by atoms with Gasteiger partial charge in [-0.2, -0.15) is 0 Å². The number of carbonyl (C=O) groups excluding carboxylic acids is 2. The summed E-state index contributed by atoms with van der Waals surface area (Å²) in [5.74, 6) is 1.03. The second kappa shape index (κ2) is 11.8. The molecular formula is C34H34N2O7S. The van der Waals surface area contributed by atoms with E-state index in [1.807, 2.05) is 19.1 Å². The largest absolute Gasteiger partial charge is 0.507 e. The molecule has 228 valence electrons. The molecule has 0 saturated carbocycles. The molecule has 1 amide bonds. The minimum absolute atomic E-state index is 0.0133. The Morgan fingerprint density at radius 2 is 1.89 bits per heavy atom. The monoisotopic (exact) mass is 614 g/mol. The summed E-state index contributed by atoms with van der Waals surface area (Å²) in [4.78, 5) is 33.6. The molecule has 6 rings (SSSR count). The third-order valence-electron chi connectivity index (χ3n) is 7.86. The summed E-state index contributed by atoms with van der Waals surface area (Å²) in [6, 6.07) is 15.1. The van der Waals surface area contributed by atoms with E-state index in [-0.39, 0.29) is 17.4 Å². The zero-order valence-electron chi connectivity index (χ0n) is 25.2. The lowest BCUT2D eigenvalue weighted by atomic mass is 9.94. The first-order valence-corrected chi connectivity index (χ1v) is 15.4. The summed E-state index contributed by atoms with van der Waals surface area (Å²) >= 11 is 1.27. The third-order valence-corrected chi connectivity index (χ3v) is 8.88. The van der Waals surface area contributed by atoms with Crippen molar-refractivity contribution in [2.75, 3.05) is 25.7 Å². The average Bonchev–Trinajstić information content (AvgIpc) is 3.68. The van der Waals surface area contributed by atoms with E-state index in [2.05, 4.69) is 13.8 Å². The lowest BCUT2D eigenvalue weighted by molar-refractivity contribution is -0.132. The molecule has 1 aromatic heterocycles. The number of fused-ring (bicyclic) bond motifs is 2.